The Bertz CT molecular complexity index is 146. The van der Waals surface area contributed by atoms with Crippen LogP contribution in [0.5, 0.6) is 0 Å². The van der Waals surface area contributed by atoms with Crippen LogP contribution in [-0.2, 0) is 0 Å². The second kappa shape index (κ2) is 6.70. The van der Waals surface area contributed by atoms with E-state index in [1.807, 2.05) is 11.8 Å². The first-order valence-electron chi connectivity index (χ1n) is 5.65. The lowest BCUT2D eigenvalue weighted by atomic mass is 9.92. The van der Waals surface area contributed by atoms with Crippen LogP contribution < -0.4 is 5.32 Å². The summed E-state index contributed by atoms with van der Waals surface area (Å²) in [6.07, 6.45) is 7.62. The highest BCUT2D eigenvalue weighted by molar-refractivity contribution is 7.98. The summed E-state index contributed by atoms with van der Waals surface area (Å²) in [5, 5.41) is 13.0. The molecule has 2 N–H and O–H groups in total. The van der Waals surface area contributed by atoms with Crippen molar-refractivity contribution in [3.05, 3.63) is 0 Å². The van der Waals surface area contributed by atoms with Crippen LogP contribution in [0.1, 0.15) is 39.0 Å². The zero-order valence-corrected chi connectivity index (χ0v) is 10.1. The Labute approximate surface area is 91.9 Å². The van der Waals surface area contributed by atoms with Crippen LogP contribution in [0, 0.1) is 0 Å². The molecule has 3 heteroatoms. The molecule has 0 aliphatic heterocycles. The number of nitrogens with one attached hydrogen (secondary N) is 1. The van der Waals surface area contributed by atoms with E-state index in [1.54, 1.807) is 0 Å². The molecule has 0 aromatic carbocycles. The highest BCUT2D eigenvalue weighted by Gasteiger charge is 2.19. The maximum Gasteiger partial charge on any atom is 0.0541 e. The van der Waals surface area contributed by atoms with Crippen molar-refractivity contribution in [3.8, 4) is 0 Å². The monoisotopic (exact) mass is 217 g/mol. The van der Waals surface area contributed by atoms with Crippen LogP contribution in [0.2, 0.25) is 0 Å². The fraction of sp³-hybridized carbons (Fsp3) is 1.00. The molecule has 1 rings (SSSR count). The number of hydrogen-bond acceptors (Lipinski definition) is 3. The number of hydrogen-bond donors (Lipinski definition) is 2. The lowest BCUT2D eigenvalue weighted by Gasteiger charge is -2.29. The van der Waals surface area contributed by atoms with E-state index < -0.39 is 0 Å². The zero-order valence-electron chi connectivity index (χ0n) is 9.33. The average molecular weight is 217 g/mol. The molecule has 0 spiro atoms. The third-order valence-corrected chi connectivity index (χ3v) is 3.62. The van der Waals surface area contributed by atoms with E-state index in [2.05, 4.69) is 18.5 Å². The molecular formula is C11H23NOS. The van der Waals surface area contributed by atoms with Gasteiger partial charge in [0.25, 0.3) is 0 Å². The fourth-order valence-corrected chi connectivity index (χ4v) is 2.61. The van der Waals surface area contributed by atoms with Crippen LogP contribution in [0.4, 0.5) is 0 Å². The summed E-state index contributed by atoms with van der Waals surface area (Å²) in [7, 11) is 0. The summed E-state index contributed by atoms with van der Waals surface area (Å²) in [6, 6.07) is 1.28. The molecule has 0 heterocycles. The zero-order chi connectivity index (χ0) is 10.4. The fourth-order valence-electron chi connectivity index (χ4n) is 2.02. The largest absolute Gasteiger partial charge is 0.393 e. The number of rotatable bonds is 5. The van der Waals surface area contributed by atoms with Gasteiger partial charge in [-0.1, -0.05) is 0 Å². The Morgan fingerprint density at radius 3 is 2.57 bits per heavy atom. The van der Waals surface area contributed by atoms with E-state index >= 15 is 0 Å². The lowest BCUT2D eigenvalue weighted by Crippen LogP contribution is -2.40. The highest BCUT2D eigenvalue weighted by atomic mass is 32.2. The first-order valence-corrected chi connectivity index (χ1v) is 7.04. The molecule has 1 fully saturated rings. The smallest absolute Gasteiger partial charge is 0.0541 e. The van der Waals surface area contributed by atoms with Crippen molar-refractivity contribution >= 4 is 11.8 Å². The van der Waals surface area contributed by atoms with Crippen LogP contribution in [-0.4, -0.2) is 35.3 Å². The summed E-state index contributed by atoms with van der Waals surface area (Å²) in [5.74, 6) is 1.24. The van der Waals surface area contributed by atoms with Crippen molar-refractivity contribution < 1.29 is 5.11 Å². The van der Waals surface area contributed by atoms with Gasteiger partial charge in [0.1, 0.15) is 0 Å². The molecule has 14 heavy (non-hydrogen) atoms. The van der Waals surface area contributed by atoms with E-state index in [9.17, 15) is 5.11 Å². The van der Waals surface area contributed by atoms with Crippen LogP contribution in [0.25, 0.3) is 0 Å². The van der Waals surface area contributed by atoms with Gasteiger partial charge < -0.3 is 10.4 Å². The molecule has 0 radical (unpaired) electrons. The Balaban J connectivity index is 2.10. The first-order chi connectivity index (χ1) is 6.72. The Hall–Kier alpha value is 0.270. The molecular weight excluding hydrogens is 194 g/mol. The summed E-state index contributed by atoms with van der Waals surface area (Å²) in [6.45, 7) is 2.27. The normalized spacial score (nSPS) is 30.2. The van der Waals surface area contributed by atoms with Gasteiger partial charge in [0, 0.05) is 12.1 Å². The third kappa shape index (κ3) is 4.67. The van der Waals surface area contributed by atoms with Gasteiger partial charge >= 0.3 is 0 Å². The van der Waals surface area contributed by atoms with E-state index in [1.165, 1.54) is 12.2 Å². The van der Waals surface area contributed by atoms with Crippen LogP contribution >= 0.6 is 11.8 Å². The predicted molar refractivity (Wildman–Crippen MR) is 63.9 cm³/mol. The van der Waals surface area contributed by atoms with Gasteiger partial charge in [0.2, 0.25) is 0 Å². The van der Waals surface area contributed by atoms with Gasteiger partial charge in [-0.3, -0.25) is 0 Å². The van der Waals surface area contributed by atoms with Crippen molar-refractivity contribution in [2.24, 2.45) is 0 Å². The quantitative estimate of drug-likeness (QED) is 0.739. The minimum Gasteiger partial charge on any atom is -0.393 e. The third-order valence-electron chi connectivity index (χ3n) is 2.97. The summed E-state index contributed by atoms with van der Waals surface area (Å²) >= 11 is 1.91. The van der Waals surface area contributed by atoms with E-state index in [4.69, 9.17) is 0 Å². The van der Waals surface area contributed by atoms with Gasteiger partial charge in [0.05, 0.1) is 6.10 Å². The van der Waals surface area contributed by atoms with E-state index in [0.29, 0.717) is 12.1 Å². The average Bonchev–Trinajstić information content (AvgIpc) is 2.18. The molecule has 0 aromatic rings. The van der Waals surface area contributed by atoms with Gasteiger partial charge in [-0.15, -0.1) is 0 Å². The maximum absolute atomic E-state index is 9.37. The van der Waals surface area contributed by atoms with Crippen LogP contribution in [0.3, 0.4) is 0 Å². The minimum absolute atomic E-state index is 0.0328. The molecule has 0 bridgehead atoms. The van der Waals surface area contributed by atoms with Gasteiger partial charge in [-0.2, -0.15) is 11.8 Å². The van der Waals surface area contributed by atoms with E-state index in [-0.39, 0.29) is 6.10 Å². The Morgan fingerprint density at radius 1 is 1.36 bits per heavy atom. The number of aliphatic hydroxyl groups is 1. The second-order valence-corrected chi connectivity index (χ2v) is 5.34. The number of thioether (sulfide) groups is 1. The molecule has 2 nitrogen and oxygen atoms in total. The number of aliphatic hydroxyl groups excluding tert-OH is 1. The van der Waals surface area contributed by atoms with E-state index in [0.717, 1.165) is 25.7 Å². The summed E-state index contributed by atoms with van der Waals surface area (Å²) in [4.78, 5) is 0. The molecule has 1 aliphatic carbocycles. The summed E-state index contributed by atoms with van der Waals surface area (Å²) in [5.41, 5.74) is 0. The molecule has 0 saturated heterocycles. The molecule has 1 unspecified atom stereocenters. The van der Waals surface area contributed by atoms with Crippen molar-refractivity contribution in [3.63, 3.8) is 0 Å². The van der Waals surface area contributed by atoms with Gasteiger partial charge in [0.15, 0.2) is 0 Å². The van der Waals surface area contributed by atoms with Crippen LogP contribution in [0.15, 0.2) is 0 Å². The molecule has 0 amide bonds. The van der Waals surface area contributed by atoms with Gasteiger partial charge in [-0.25, -0.2) is 0 Å². The Kier molecular flexibility index (Phi) is 5.90. The van der Waals surface area contributed by atoms with Crippen molar-refractivity contribution in [2.75, 3.05) is 12.0 Å². The summed E-state index contributed by atoms with van der Waals surface area (Å²) < 4.78 is 0. The minimum atomic E-state index is -0.0328. The lowest BCUT2D eigenvalue weighted by molar-refractivity contribution is 0.114. The Morgan fingerprint density at radius 2 is 2.00 bits per heavy atom. The second-order valence-electron chi connectivity index (χ2n) is 4.35. The SMILES string of the molecule is CSCCC(C)NC1CCC(O)CC1. The predicted octanol–water partition coefficient (Wildman–Crippen LogP) is 2.02. The van der Waals surface area contributed by atoms with Crippen molar-refractivity contribution in [2.45, 2.75) is 57.2 Å². The first kappa shape index (κ1) is 12.3. The highest BCUT2D eigenvalue weighted by Crippen LogP contribution is 2.19. The maximum atomic E-state index is 9.37. The van der Waals surface area contributed by atoms with Crippen molar-refractivity contribution in [1.29, 1.82) is 0 Å². The molecule has 1 saturated carbocycles. The van der Waals surface area contributed by atoms with Crippen molar-refractivity contribution in [1.82, 2.24) is 5.32 Å². The molecule has 1 aliphatic rings. The standard InChI is InChI=1S/C11H23NOS/c1-9(7-8-14-2)12-10-3-5-11(13)6-4-10/h9-13H,3-8H2,1-2H3. The van der Waals surface area contributed by atoms with Gasteiger partial charge in [-0.05, 0) is 51.0 Å². The molecule has 1 atom stereocenters. The topological polar surface area (TPSA) is 32.3 Å². The molecule has 0 aromatic heterocycles. The molecule has 84 valence electrons.